The van der Waals surface area contributed by atoms with Crippen LogP contribution in [-0.4, -0.2) is 70.6 Å². The smallest absolute Gasteiger partial charge is 0.247 e. The first-order chi connectivity index (χ1) is 12.4. The molecule has 2 aromatic rings. The lowest BCUT2D eigenvalue weighted by Crippen LogP contribution is -2.47. The van der Waals surface area contributed by atoms with Crippen LogP contribution in [0.1, 0.15) is 12.8 Å². The van der Waals surface area contributed by atoms with Gasteiger partial charge in [-0.15, -0.1) is 5.10 Å². The van der Waals surface area contributed by atoms with E-state index in [0.29, 0.717) is 5.95 Å². The average Bonchev–Trinajstić information content (AvgIpc) is 3.21. The lowest BCUT2D eigenvalue weighted by atomic mass is 10.2. The number of rotatable bonds is 5. The van der Waals surface area contributed by atoms with Crippen LogP contribution in [0, 0.1) is 0 Å². The van der Waals surface area contributed by atoms with Gasteiger partial charge in [0.1, 0.15) is 0 Å². The second-order valence-electron chi connectivity index (χ2n) is 6.18. The van der Waals surface area contributed by atoms with Gasteiger partial charge in [-0.3, -0.25) is 0 Å². The van der Waals surface area contributed by atoms with Crippen molar-refractivity contribution in [2.75, 3.05) is 54.4 Å². The van der Waals surface area contributed by atoms with E-state index in [4.69, 9.17) is 4.74 Å². The van der Waals surface area contributed by atoms with E-state index >= 15 is 0 Å². The molecule has 0 spiro atoms. The number of hydrogen-bond donors (Lipinski definition) is 1. The maximum Gasteiger partial charge on any atom is 0.247 e. The minimum absolute atomic E-state index is 0.271. The molecule has 2 fully saturated rings. The van der Waals surface area contributed by atoms with Crippen molar-refractivity contribution < 1.29 is 4.74 Å². The van der Waals surface area contributed by atoms with Crippen molar-refractivity contribution in [2.45, 2.75) is 18.9 Å². The van der Waals surface area contributed by atoms with Crippen molar-refractivity contribution in [3.63, 3.8) is 0 Å². The van der Waals surface area contributed by atoms with E-state index in [1.54, 1.807) is 18.6 Å². The van der Waals surface area contributed by atoms with Crippen molar-refractivity contribution in [1.82, 2.24) is 25.1 Å². The molecule has 9 heteroatoms. The van der Waals surface area contributed by atoms with Gasteiger partial charge in [0.05, 0.1) is 12.3 Å². The molecule has 0 bridgehead atoms. The molecule has 25 heavy (non-hydrogen) atoms. The van der Waals surface area contributed by atoms with Gasteiger partial charge in [-0.1, -0.05) is 0 Å². The van der Waals surface area contributed by atoms with Gasteiger partial charge in [0.2, 0.25) is 11.9 Å². The Morgan fingerprint density at radius 3 is 2.56 bits per heavy atom. The molecule has 1 unspecified atom stereocenters. The Labute approximate surface area is 146 Å². The predicted octanol–water partition coefficient (Wildman–Crippen LogP) is 0.579. The normalized spacial score (nSPS) is 20.7. The van der Waals surface area contributed by atoms with Crippen molar-refractivity contribution in [3.05, 3.63) is 24.7 Å². The summed E-state index contributed by atoms with van der Waals surface area (Å²) >= 11 is 0. The minimum Gasteiger partial charge on any atom is -0.376 e. The van der Waals surface area contributed by atoms with Crippen LogP contribution >= 0.6 is 0 Å². The molecule has 4 heterocycles. The fourth-order valence-corrected chi connectivity index (χ4v) is 3.10. The van der Waals surface area contributed by atoms with Gasteiger partial charge in [0, 0.05) is 51.7 Å². The summed E-state index contributed by atoms with van der Waals surface area (Å²) < 4.78 is 5.62. The Morgan fingerprint density at radius 1 is 1.08 bits per heavy atom. The van der Waals surface area contributed by atoms with Gasteiger partial charge < -0.3 is 19.9 Å². The molecule has 0 aromatic carbocycles. The van der Waals surface area contributed by atoms with Crippen LogP contribution in [0.2, 0.25) is 0 Å². The first-order valence-corrected chi connectivity index (χ1v) is 8.70. The molecule has 2 aliphatic heterocycles. The zero-order valence-electron chi connectivity index (χ0n) is 14.1. The lowest BCUT2D eigenvalue weighted by molar-refractivity contribution is 0.120. The average molecular weight is 342 g/mol. The Bertz CT molecular complexity index is 671. The van der Waals surface area contributed by atoms with Crippen LogP contribution in [0.3, 0.4) is 0 Å². The van der Waals surface area contributed by atoms with Gasteiger partial charge in [-0.25, -0.2) is 9.97 Å². The van der Waals surface area contributed by atoms with Gasteiger partial charge in [0.15, 0.2) is 5.82 Å². The molecule has 4 rings (SSSR count). The topological polar surface area (TPSA) is 92.2 Å². The summed E-state index contributed by atoms with van der Waals surface area (Å²) in [4.78, 5) is 17.5. The van der Waals surface area contributed by atoms with Crippen molar-refractivity contribution >= 4 is 17.7 Å². The van der Waals surface area contributed by atoms with E-state index in [9.17, 15) is 0 Å². The highest BCUT2D eigenvalue weighted by atomic mass is 16.5. The molecule has 1 N–H and O–H groups in total. The van der Waals surface area contributed by atoms with Crippen LogP contribution in [-0.2, 0) is 4.74 Å². The van der Waals surface area contributed by atoms with E-state index in [1.807, 2.05) is 6.07 Å². The van der Waals surface area contributed by atoms with E-state index in [2.05, 4.69) is 40.3 Å². The molecule has 0 amide bonds. The number of hydrogen-bond acceptors (Lipinski definition) is 9. The van der Waals surface area contributed by atoms with Crippen LogP contribution in [0.25, 0.3) is 0 Å². The Kier molecular flexibility index (Phi) is 4.82. The fourth-order valence-electron chi connectivity index (χ4n) is 3.10. The zero-order valence-corrected chi connectivity index (χ0v) is 14.1. The van der Waals surface area contributed by atoms with Gasteiger partial charge in [-0.2, -0.15) is 10.1 Å². The molecule has 2 aromatic heterocycles. The van der Waals surface area contributed by atoms with Crippen LogP contribution in [0.5, 0.6) is 0 Å². The molecular weight excluding hydrogens is 320 g/mol. The van der Waals surface area contributed by atoms with Crippen LogP contribution < -0.4 is 15.1 Å². The summed E-state index contributed by atoms with van der Waals surface area (Å²) in [5.41, 5.74) is 0. The first-order valence-electron chi connectivity index (χ1n) is 8.70. The molecule has 2 aliphatic rings. The fraction of sp³-hybridized carbons (Fsp3) is 0.562. The largest absolute Gasteiger partial charge is 0.376 e. The number of ether oxygens (including phenoxy) is 1. The van der Waals surface area contributed by atoms with Crippen LogP contribution in [0.15, 0.2) is 24.7 Å². The van der Waals surface area contributed by atoms with Crippen LogP contribution in [0.4, 0.5) is 17.7 Å². The highest BCUT2D eigenvalue weighted by Crippen LogP contribution is 2.16. The summed E-state index contributed by atoms with van der Waals surface area (Å²) in [6, 6.07) is 1.83. The molecule has 0 radical (unpaired) electrons. The summed E-state index contributed by atoms with van der Waals surface area (Å²) in [5, 5.41) is 11.6. The molecule has 132 valence electrons. The van der Waals surface area contributed by atoms with Gasteiger partial charge in [0.25, 0.3) is 0 Å². The molecular formula is C16H22N8O. The van der Waals surface area contributed by atoms with Crippen molar-refractivity contribution in [1.29, 1.82) is 0 Å². The van der Waals surface area contributed by atoms with Crippen molar-refractivity contribution in [2.24, 2.45) is 0 Å². The maximum atomic E-state index is 5.62. The highest BCUT2D eigenvalue weighted by Gasteiger charge is 2.21. The maximum absolute atomic E-state index is 5.62. The van der Waals surface area contributed by atoms with E-state index in [0.717, 1.165) is 63.9 Å². The summed E-state index contributed by atoms with van der Waals surface area (Å²) in [5.74, 6) is 2.17. The summed E-state index contributed by atoms with van der Waals surface area (Å²) in [6.07, 6.45) is 7.70. The summed E-state index contributed by atoms with van der Waals surface area (Å²) in [7, 11) is 0. The number of piperazine rings is 1. The third-order valence-corrected chi connectivity index (χ3v) is 4.48. The van der Waals surface area contributed by atoms with Crippen molar-refractivity contribution in [3.8, 4) is 0 Å². The lowest BCUT2D eigenvalue weighted by Gasteiger charge is -2.34. The Hall–Kier alpha value is -2.55. The van der Waals surface area contributed by atoms with E-state index < -0.39 is 0 Å². The molecule has 1 atom stereocenters. The van der Waals surface area contributed by atoms with Gasteiger partial charge in [-0.05, 0) is 18.9 Å². The molecule has 0 aliphatic carbocycles. The third kappa shape index (κ3) is 3.93. The number of anilines is 3. The number of aromatic nitrogens is 5. The second kappa shape index (κ2) is 7.56. The quantitative estimate of drug-likeness (QED) is 0.837. The van der Waals surface area contributed by atoms with E-state index in [1.165, 1.54) is 0 Å². The minimum atomic E-state index is 0.271. The zero-order chi connectivity index (χ0) is 16.9. The number of nitrogens with zero attached hydrogens (tertiary/aromatic N) is 7. The monoisotopic (exact) mass is 342 g/mol. The molecule has 2 saturated heterocycles. The Morgan fingerprint density at radius 2 is 1.84 bits per heavy atom. The predicted molar refractivity (Wildman–Crippen MR) is 93.7 cm³/mol. The molecule has 9 nitrogen and oxygen atoms in total. The van der Waals surface area contributed by atoms with Gasteiger partial charge >= 0.3 is 0 Å². The standard InChI is InChI=1S/C16H22N8O/c1-3-13(25-10-1)11-19-14-12-20-22-16(21-14)24-8-6-23(7-9-24)15-17-4-2-5-18-15/h2,4-5,12-13H,1,3,6-11H2,(H,19,21,22). The molecule has 0 saturated carbocycles. The Balaban J connectivity index is 1.34. The second-order valence-corrected chi connectivity index (χ2v) is 6.18. The highest BCUT2D eigenvalue weighted by molar-refractivity contribution is 5.41. The number of nitrogens with one attached hydrogen (secondary N) is 1. The summed E-state index contributed by atoms with van der Waals surface area (Å²) in [6.45, 7) is 4.92. The van der Waals surface area contributed by atoms with E-state index in [-0.39, 0.29) is 6.10 Å². The third-order valence-electron chi connectivity index (χ3n) is 4.48. The first kappa shape index (κ1) is 15.9. The SMILES string of the molecule is c1cnc(N2CCN(c3nncc(NCC4CCCO4)n3)CC2)nc1.